The van der Waals surface area contributed by atoms with E-state index < -0.39 is 12.0 Å². The minimum Gasteiger partial charge on any atom is -0.480 e. The number of nitrogens with zero attached hydrogens (tertiary/aromatic N) is 1. The van der Waals surface area contributed by atoms with Crippen molar-refractivity contribution in [2.24, 2.45) is 0 Å². The van der Waals surface area contributed by atoms with Crippen molar-refractivity contribution in [3.8, 4) is 0 Å². The average molecular weight is 358 g/mol. The molecule has 3 rings (SSSR count). The van der Waals surface area contributed by atoms with Gasteiger partial charge in [-0.3, -0.25) is 0 Å². The van der Waals surface area contributed by atoms with Crippen molar-refractivity contribution in [3.63, 3.8) is 0 Å². The van der Waals surface area contributed by atoms with Crippen molar-refractivity contribution < 1.29 is 19.4 Å². The minimum atomic E-state index is -0.806. The smallest absolute Gasteiger partial charge is 0.407 e. The van der Waals surface area contributed by atoms with Crippen molar-refractivity contribution in [3.05, 3.63) is 35.5 Å². The van der Waals surface area contributed by atoms with Gasteiger partial charge in [0.05, 0.1) is 6.61 Å². The molecule has 2 atom stereocenters. The first kappa shape index (κ1) is 18.3. The molecule has 1 unspecified atom stereocenters. The Labute approximate surface area is 153 Å². The fraction of sp³-hybridized carbons (Fsp3) is 0.500. The summed E-state index contributed by atoms with van der Waals surface area (Å²) in [5.74, 6) is -0.806. The highest BCUT2D eigenvalue weighted by Crippen LogP contribution is 2.35. The first-order valence-corrected chi connectivity index (χ1v) is 9.33. The number of amides is 1. The summed E-state index contributed by atoms with van der Waals surface area (Å²) in [6.07, 6.45) is 3.17. The number of aliphatic carboxylic acids is 1. The Balaban J connectivity index is 1.93. The molecule has 1 amide bonds. The molecule has 140 valence electrons. The summed E-state index contributed by atoms with van der Waals surface area (Å²) in [7, 11) is 0. The van der Waals surface area contributed by atoms with Crippen LogP contribution < -0.4 is 5.32 Å². The number of para-hydroxylation sites is 1. The second kappa shape index (κ2) is 7.81. The van der Waals surface area contributed by atoms with E-state index in [1.807, 2.05) is 42.7 Å². The molecule has 0 saturated carbocycles. The van der Waals surface area contributed by atoms with E-state index in [0.29, 0.717) is 19.4 Å². The van der Waals surface area contributed by atoms with Gasteiger partial charge in [-0.15, -0.1) is 0 Å². The first-order valence-electron chi connectivity index (χ1n) is 9.33. The van der Waals surface area contributed by atoms with Crippen LogP contribution in [0, 0.1) is 0 Å². The predicted octanol–water partition coefficient (Wildman–Crippen LogP) is 3.67. The number of carboxylic acid groups (broad SMARTS) is 1. The number of rotatable bonds is 6. The van der Waals surface area contributed by atoms with Crippen LogP contribution in [-0.4, -0.2) is 34.4 Å². The van der Waals surface area contributed by atoms with Crippen LogP contribution in [0.4, 0.5) is 4.79 Å². The molecule has 0 bridgehead atoms. The highest BCUT2D eigenvalue weighted by atomic mass is 16.5. The van der Waals surface area contributed by atoms with Gasteiger partial charge in [0.2, 0.25) is 0 Å². The van der Waals surface area contributed by atoms with Gasteiger partial charge >= 0.3 is 12.1 Å². The van der Waals surface area contributed by atoms with Gasteiger partial charge in [0.15, 0.2) is 0 Å². The van der Waals surface area contributed by atoms with Gasteiger partial charge in [0, 0.05) is 22.6 Å². The third-order valence-corrected chi connectivity index (χ3v) is 5.05. The van der Waals surface area contributed by atoms with E-state index in [4.69, 9.17) is 4.74 Å². The zero-order chi connectivity index (χ0) is 18.7. The third kappa shape index (κ3) is 3.41. The van der Waals surface area contributed by atoms with Crippen LogP contribution in [0.3, 0.4) is 0 Å². The SMILES string of the molecule is CCCOC(=O)N[C@H]1CCc2c(c3ccccc3n2C(CC)C(=O)O)C1. The third-order valence-electron chi connectivity index (χ3n) is 5.05. The predicted molar refractivity (Wildman–Crippen MR) is 99.5 cm³/mol. The highest BCUT2D eigenvalue weighted by molar-refractivity contribution is 5.88. The number of alkyl carbamates (subject to hydrolysis) is 1. The lowest BCUT2D eigenvalue weighted by atomic mass is 9.91. The number of fused-ring (bicyclic) bond motifs is 3. The van der Waals surface area contributed by atoms with Crippen LogP contribution in [0.2, 0.25) is 0 Å². The van der Waals surface area contributed by atoms with Crippen LogP contribution >= 0.6 is 0 Å². The molecule has 0 radical (unpaired) electrons. The normalized spacial score (nSPS) is 17.5. The van der Waals surface area contributed by atoms with Crippen LogP contribution in [0.5, 0.6) is 0 Å². The Morgan fingerprint density at radius 3 is 2.81 bits per heavy atom. The van der Waals surface area contributed by atoms with E-state index in [0.717, 1.165) is 41.4 Å². The molecule has 6 heteroatoms. The number of benzene rings is 1. The lowest BCUT2D eigenvalue weighted by molar-refractivity contribution is -0.140. The number of ether oxygens (including phenoxy) is 1. The van der Waals surface area contributed by atoms with Gasteiger partial charge < -0.3 is 19.7 Å². The molecular weight excluding hydrogens is 332 g/mol. The topological polar surface area (TPSA) is 80.6 Å². The highest BCUT2D eigenvalue weighted by Gasteiger charge is 2.30. The van der Waals surface area contributed by atoms with E-state index in [2.05, 4.69) is 5.32 Å². The van der Waals surface area contributed by atoms with Gasteiger partial charge in [0.25, 0.3) is 0 Å². The van der Waals surface area contributed by atoms with E-state index >= 15 is 0 Å². The number of carbonyl (C=O) groups is 2. The van der Waals surface area contributed by atoms with E-state index in [1.165, 1.54) is 0 Å². The van der Waals surface area contributed by atoms with Crippen LogP contribution in [-0.2, 0) is 22.4 Å². The molecule has 6 nitrogen and oxygen atoms in total. The number of nitrogens with one attached hydrogen (secondary N) is 1. The van der Waals surface area contributed by atoms with Crippen molar-refractivity contribution in [2.75, 3.05) is 6.61 Å². The largest absolute Gasteiger partial charge is 0.480 e. The molecule has 0 fully saturated rings. The minimum absolute atomic E-state index is 0.0102. The van der Waals surface area contributed by atoms with Gasteiger partial charge in [-0.2, -0.15) is 0 Å². The van der Waals surface area contributed by atoms with Gasteiger partial charge in [-0.05, 0) is 43.7 Å². The maximum absolute atomic E-state index is 11.9. The Bertz CT molecular complexity index is 811. The van der Waals surface area contributed by atoms with Gasteiger partial charge in [-0.1, -0.05) is 32.0 Å². The van der Waals surface area contributed by atoms with Gasteiger partial charge in [-0.25, -0.2) is 9.59 Å². The van der Waals surface area contributed by atoms with Crippen LogP contribution in [0.25, 0.3) is 10.9 Å². The van der Waals surface area contributed by atoms with Crippen molar-refractivity contribution in [1.29, 1.82) is 0 Å². The fourth-order valence-corrected chi connectivity index (χ4v) is 3.89. The lowest BCUT2D eigenvalue weighted by Crippen LogP contribution is -2.39. The van der Waals surface area contributed by atoms with Crippen LogP contribution in [0.1, 0.15) is 50.4 Å². The zero-order valence-electron chi connectivity index (χ0n) is 15.3. The lowest BCUT2D eigenvalue weighted by Gasteiger charge is -2.26. The van der Waals surface area contributed by atoms with Crippen molar-refractivity contribution in [2.45, 2.75) is 58.0 Å². The molecule has 0 aliphatic heterocycles. The summed E-state index contributed by atoms with van der Waals surface area (Å²) in [5.41, 5.74) is 3.19. The fourth-order valence-electron chi connectivity index (χ4n) is 3.89. The number of aromatic nitrogens is 1. The number of hydrogen-bond donors (Lipinski definition) is 2. The Kier molecular flexibility index (Phi) is 5.49. The number of carbonyl (C=O) groups excluding carboxylic acids is 1. The molecule has 0 spiro atoms. The molecule has 2 aromatic rings. The summed E-state index contributed by atoms with van der Waals surface area (Å²) in [6.45, 7) is 4.28. The van der Waals surface area contributed by atoms with E-state index in [1.54, 1.807) is 0 Å². The maximum Gasteiger partial charge on any atom is 0.407 e. The first-order chi connectivity index (χ1) is 12.6. The Hall–Kier alpha value is -2.50. The second-order valence-corrected chi connectivity index (χ2v) is 6.79. The van der Waals surface area contributed by atoms with Crippen molar-refractivity contribution in [1.82, 2.24) is 9.88 Å². The molecule has 0 saturated heterocycles. The quantitative estimate of drug-likeness (QED) is 0.826. The maximum atomic E-state index is 11.9. The molecule has 1 aliphatic carbocycles. The van der Waals surface area contributed by atoms with Gasteiger partial charge in [0.1, 0.15) is 6.04 Å². The molecule has 1 heterocycles. The van der Waals surface area contributed by atoms with Crippen molar-refractivity contribution >= 4 is 23.0 Å². The second-order valence-electron chi connectivity index (χ2n) is 6.79. The molecule has 26 heavy (non-hydrogen) atoms. The molecule has 1 aromatic carbocycles. The average Bonchev–Trinajstić information content (AvgIpc) is 2.95. The summed E-state index contributed by atoms with van der Waals surface area (Å²) in [6, 6.07) is 7.38. The zero-order valence-corrected chi connectivity index (χ0v) is 15.3. The summed E-state index contributed by atoms with van der Waals surface area (Å²) in [4.78, 5) is 23.7. The molecular formula is C20H26N2O4. The Morgan fingerprint density at radius 1 is 1.35 bits per heavy atom. The number of carboxylic acids is 1. The Morgan fingerprint density at radius 2 is 2.12 bits per heavy atom. The standard InChI is InChI=1S/C20H26N2O4/c1-3-11-26-20(25)21-13-9-10-18-15(12-13)14-7-5-6-8-17(14)22(18)16(4-2)19(23)24/h5-8,13,16H,3-4,9-12H2,1-2H3,(H,21,25)(H,23,24)/t13-,16?/m0/s1. The molecule has 1 aliphatic rings. The van der Waals surface area contributed by atoms with E-state index in [-0.39, 0.29) is 12.1 Å². The van der Waals surface area contributed by atoms with Crippen LogP contribution in [0.15, 0.2) is 24.3 Å². The number of hydrogen-bond acceptors (Lipinski definition) is 3. The summed E-state index contributed by atoms with van der Waals surface area (Å²) >= 11 is 0. The molecule has 2 N–H and O–H groups in total. The molecule has 1 aromatic heterocycles. The summed E-state index contributed by atoms with van der Waals surface area (Å²) in [5, 5.41) is 13.7. The summed E-state index contributed by atoms with van der Waals surface area (Å²) < 4.78 is 7.11. The monoisotopic (exact) mass is 358 g/mol. The van der Waals surface area contributed by atoms with E-state index in [9.17, 15) is 14.7 Å².